The van der Waals surface area contributed by atoms with Crippen LogP contribution in [0.4, 0.5) is 0 Å². The van der Waals surface area contributed by atoms with E-state index >= 15 is 0 Å². The van der Waals surface area contributed by atoms with Crippen LogP contribution in [0.1, 0.15) is 47.0 Å². The monoisotopic (exact) mass is 223 g/mol. The van der Waals surface area contributed by atoms with Crippen LogP contribution in [0.15, 0.2) is 0 Å². The largest absolute Gasteiger partial charge is 0.394 e. The topological polar surface area (TPSA) is 32.3 Å². The summed E-state index contributed by atoms with van der Waals surface area (Å²) in [5.74, 6) is 6.58. The molecule has 2 heteroatoms. The molecule has 2 atom stereocenters. The first-order valence-corrected chi connectivity index (χ1v) is 6.18. The molecule has 0 aromatic carbocycles. The number of hydrogen-bond acceptors (Lipinski definition) is 2. The van der Waals surface area contributed by atoms with Gasteiger partial charge in [0.2, 0.25) is 0 Å². The fraction of sp³-hybridized carbons (Fsp3) is 0.857. The first kappa shape index (κ1) is 13.5. The summed E-state index contributed by atoms with van der Waals surface area (Å²) in [4.78, 5) is 0. The van der Waals surface area contributed by atoms with Gasteiger partial charge in [-0.2, -0.15) is 0 Å². The molecule has 0 bridgehead atoms. The highest BCUT2D eigenvalue weighted by Crippen LogP contribution is 2.43. The molecule has 1 fully saturated rings. The molecule has 0 spiro atoms. The number of aliphatic hydroxyl groups is 1. The molecule has 1 aliphatic carbocycles. The fourth-order valence-corrected chi connectivity index (χ4v) is 3.37. The van der Waals surface area contributed by atoms with Crippen molar-refractivity contribution in [2.24, 2.45) is 11.3 Å². The molecule has 0 saturated heterocycles. The van der Waals surface area contributed by atoms with Gasteiger partial charge < -0.3 is 5.11 Å². The van der Waals surface area contributed by atoms with Gasteiger partial charge in [0.1, 0.15) is 0 Å². The zero-order chi connectivity index (χ0) is 12.2. The highest BCUT2D eigenvalue weighted by Gasteiger charge is 2.41. The van der Waals surface area contributed by atoms with Gasteiger partial charge in [-0.15, -0.1) is 5.92 Å². The fourth-order valence-electron chi connectivity index (χ4n) is 3.37. The lowest BCUT2D eigenvalue weighted by atomic mass is 9.64. The third kappa shape index (κ3) is 3.50. The minimum absolute atomic E-state index is 0.120. The van der Waals surface area contributed by atoms with Crippen molar-refractivity contribution in [1.82, 2.24) is 5.32 Å². The molecule has 92 valence electrons. The Labute approximate surface area is 99.8 Å². The smallest absolute Gasteiger partial charge is 0.0613 e. The normalized spacial score (nSPS) is 32.9. The first-order valence-electron chi connectivity index (χ1n) is 6.18. The van der Waals surface area contributed by atoms with Crippen molar-refractivity contribution in [1.29, 1.82) is 0 Å². The van der Waals surface area contributed by atoms with E-state index in [9.17, 15) is 5.11 Å². The second kappa shape index (κ2) is 5.21. The van der Waals surface area contributed by atoms with Gasteiger partial charge in [0.05, 0.1) is 13.2 Å². The van der Waals surface area contributed by atoms with Gasteiger partial charge in [-0.25, -0.2) is 0 Å². The molecular formula is C14H25NO. The summed E-state index contributed by atoms with van der Waals surface area (Å²) in [6.07, 6.45) is 3.33. The van der Waals surface area contributed by atoms with Crippen molar-refractivity contribution in [3.63, 3.8) is 0 Å². The van der Waals surface area contributed by atoms with E-state index in [2.05, 4.69) is 37.9 Å². The van der Waals surface area contributed by atoms with Gasteiger partial charge in [-0.05, 0) is 37.5 Å². The Hall–Kier alpha value is -0.520. The molecule has 16 heavy (non-hydrogen) atoms. The lowest BCUT2D eigenvalue weighted by Crippen LogP contribution is -2.55. The van der Waals surface area contributed by atoms with Crippen LogP contribution in [0.3, 0.4) is 0 Å². The molecule has 0 radical (unpaired) electrons. The zero-order valence-electron chi connectivity index (χ0n) is 11.1. The summed E-state index contributed by atoms with van der Waals surface area (Å²) in [7, 11) is 0. The van der Waals surface area contributed by atoms with Crippen LogP contribution in [0.2, 0.25) is 0 Å². The maximum atomic E-state index is 9.68. The number of rotatable bonds is 3. The molecule has 0 unspecified atom stereocenters. The third-order valence-corrected chi connectivity index (χ3v) is 3.49. The summed E-state index contributed by atoms with van der Waals surface area (Å²) in [6, 6.07) is 0. The van der Waals surface area contributed by atoms with Gasteiger partial charge in [0.15, 0.2) is 0 Å². The van der Waals surface area contributed by atoms with E-state index in [0.29, 0.717) is 17.9 Å². The molecule has 1 saturated carbocycles. The minimum Gasteiger partial charge on any atom is -0.394 e. The van der Waals surface area contributed by atoms with Gasteiger partial charge >= 0.3 is 0 Å². The molecule has 2 N–H and O–H groups in total. The van der Waals surface area contributed by atoms with Gasteiger partial charge in [0, 0.05) is 5.54 Å². The highest BCUT2D eigenvalue weighted by atomic mass is 16.3. The average Bonchev–Trinajstić information content (AvgIpc) is 2.15. The molecule has 2 nitrogen and oxygen atoms in total. The van der Waals surface area contributed by atoms with Crippen LogP contribution in [-0.4, -0.2) is 23.8 Å². The van der Waals surface area contributed by atoms with Crippen LogP contribution in [0.25, 0.3) is 0 Å². The van der Waals surface area contributed by atoms with E-state index in [1.165, 1.54) is 6.42 Å². The maximum Gasteiger partial charge on any atom is 0.0613 e. The average molecular weight is 223 g/mol. The van der Waals surface area contributed by atoms with Crippen molar-refractivity contribution in [3.05, 3.63) is 0 Å². The Morgan fingerprint density at radius 1 is 1.38 bits per heavy atom. The minimum atomic E-state index is -0.120. The standard InChI is InChI=1S/C14H25NO/c1-5-6-7-15-14(11-16)9-12(2)8-13(3,4)10-14/h12,15-16H,7-11H2,1-4H3/t12-,14+/m0/s1. The van der Waals surface area contributed by atoms with E-state index in [1.54, 1.807) is 0 Å². The Bertz CT molecular complexity index is 287. The number of nitrogens with one attached hydrogen (secondary N) is 1. The molecule has 1 aliphatic rings. The second-order valence-corrected chi connectivity index (χ2v) is 6.07. The highest BCUT2D eigenvalue weighted by molar-refractivity contribution is 5.04. The predicted molar refractivity (Wildman–Crippen MR) is 68.1 cm³/mol. The zero-order valence-corrected chi connectivity index (χ0v) is 11.1. The second-order valence-electron chi connectivity index (χ2n) is 6.07. The Balaban J connectivity index is 2.72. The van der Waals surface area contributed by atoms with Gasteiger partial charge in [0.25, 0.3) is 0 Å². The number of hydrogen-bond donors (Lipinski definition) is 2. The summed E-state index contributed by atoms with van der Waals surface area (Å²) < 4.78 is 0. The molecule has 1 rings (SSSR count). The summed E-state index contributed by atoms with van der Waals surface area (Å²) in [6.45, 7) is 9.60. The quantitative estimate of drug-likeness (QED) is 0.719. The van der Waals surface area contributed by atoms with Crippen LogP contribution < -0.4 is 5.32 Å². The summed E-state index contributed by atoms with van der Waals surface area (Å²) in [5, 5.41) is 13.1. The molecule has 0 aliphatic heterocycles. The van der Waals surface area contributed by atoms with E-state index < -0.39 is 0 Å². The van der Waals surface area contributed by atoms with E-state index in [-0.39, 0.29) is 12.1 Å². The Morgan fingerprint density at radius 3 is 2.56 bits per heavy atom. The van der Waals surface area contributed by atoms with E-state index in [1.807, 2.05) is 6.92 Å². The summed E-state index contributed by atoms with van der Waals surface area (Å²) in [5.41, 5.74) is 0.193. The van der Waals surface area contributed by atoms with Crippen molar-refractivity contribution < 1.29 is 5.11 Å². The van der Waals surface area contributed by atoms with Crippen LogP contribution in [0, 0.1) is 23.2 Å². The lowest BCUT2D eigenvalue weighted by molar-refractivity contribution is 0.0392. The first-order chi connectivity index (χ1) is 7.43. The third-order valence-electron chi connectivity index (χ3n) is 3.49. The molecule has 0 heterocycles. The van der Waals surface area contributed by atoms with E-state index in [0.717, 1.165) is 12.8 Å². The molecule has 0 aromatic heterocycles. The lowest BCUT2D eigenvalue weighted by Gasteiger charge is -2.47. The van der Waals surface area contributed by atoms with Crippen molar-refractivity contribution in [3.8, 4) is 11.8 Å². The van der Waals surface area contributed by atoms with Crippen molar-refractivity contribution >= 4 is 0 Å². The van der Waals surface area contributed by atoms with Crippen molar-refractivity contribution in [2.45, 2.75) is 52.5 Å². The van der Waals surface area contributed by atoms with Crippen LogP contribution >= 0.6 is 0 Å². The van der Waals surface area contributed by atoms with Gasteiger partial charge in [-0.1, -0.05) is 26.7 Å². The van der Waals surface area contributed by atoms with Crippen molar-refractivity contribution in [2.75, 3.05) is 13.2 Å². The molecule has 0 aromatic rings. The Morgan fingerprint density at radius 2 is 2.06 bits per heavy atom. The molecular weight excluding hydrogens is 198 g/mol. The SMILES string of the molecule is CC#CCN[C@]1(CO)C[C@@H](C)CC(C)(C)C1. The van der Waals surface area contributed by atoms with E-state index in [4.69, 9.17) is 0 Å². The maximum absolute atomic E-state index is 9.68. The Kier molecular flexibility index (Phi) is 4.41. The number of aliphatic hydroxyl groups excluding tert-OH is 1. The predicted octanol–water partition coefficient (Wildman–Crippen LogP) is 2.18. The van der Waals surface area contributed by atoms with Crippen LogP contribution in [0.5, 0.6) is 0 Å². The van der Waals surface area contributed by atoms with Gasteiger partial charge in [-0.3, -0.25) is 5.32 Å². The van der Waals surface area contributed by atoms with Crippen LogP contribution in [-0.2, 0) is 0 Å². The summed E-state index contributed by atoms with van der Waals surface area (Å²) >= 11 is 0. The molecule has 0 amide bonds.